The van der Waals surface area contributed by atoms with Crippen LogP contribution in [0.5, 0.6) is 23.0 Å². The van der Waals surface area contributed by atoms with E-state index in [4.69, 9.17) is 43.2 Å². The summed E-state index contributed by atoms with van der Waals surface area (Å²) in [4.78, 5) is 36.5. The number of carbonyl (C=O) groups is 2. The van der Waals surface area contributed by atoms with E-state index < -0.39 is 47.3 Å². The molecule has 3 aliphatic rings. The number of rotatable bonds is 24. The van der Waals surface area contributed by atoms with Crippen molar-refractivity contribution in [2.24, 2.45) is 22.9 Å². The van der Waals surface area contributed by atoms with Crippen LogP contribution in [0.25, 0.3) is 0 Å². The third-order valence-electron chi connectivity index (χ3n) is 13.4. The molecule has 1 saturated carbocycles. The lowest BCUT2D eigenvalue weighted by Gasteiger charge is -2.60. The Bertz CT molecular complexity index is 2530. The molecule has 0 saturated heterocycles. The van der Waals surface area contributed by atoms with E-state index in [1.807, 2.05) is 57.2 Å². The molecule has 0 spiro atoms. The van der Waals surface area contributed by atoms with Gasteiger partial charge in [0.05, 0.1) is 51.4 Å². The molecule has 16 heteroatoms. The summed E-state index contributed by atoms with van der Waals surface area (Å²) in [7, 11) is 3.03. The van der Waals surface area contributed by atoms with Gasteiger partial charge in [0.1, 0.15) is 47.1 Å². The van der Waals surface area contributed by atoms with E-state index in [1.165, 1.54) is 26.4 Å². The second-order valence-corrected chi connectivity index (χ2v) is 19.5. The number of nitrogens with one attached hydrogen (secondary N) is 1. The molecule has 4 aromatic carbocycles. The predicted molar refractivity (Wildman–Crippen MR) is 274 cm³/mol. The molecule has 15 nitrogen and oxygen atoms in total. The molecular weight excluding hydrogens is 938 g/mol. The Hall–Kier alpha value is -6.46. The molecule has 0 unspecified atom stereocenters. The summed E-state index contributed by atoms with van der Waals surface area (Å²) >= 11 is 0. The monoisotopic (exact) mass is 1010 g/mol. The minimum atomic E-state index is -1.64. The van der Waals surface area contributed by atoms with Crippen molar-refractivity contribution in [2.75, 3.05) is 52.6 Å². The average molecular weight is 1010 g/mol. The number of amides is 2. The number of aliphatic hydroxyl groups excluding tert-OH is 2. The van der Waals surface area contributed by atoms with Gasteiger partial charge in [-0.3, -0.25) is 10.2 Å². The summed E-state index contributed by atoms with van der Waals surface area (Å²) in [5.74, 6) is -1.77. The van der Waals surface area contributed by atoms with Crippen LogP contribution in [-0.4, -0.2) is 97.7 Å². The number of ether oxygens (including phenoxy) is 7. The molecule has 3 N–H and O–H groups in total. The number of halogens is 1. The Balaban J connectivity index is 1.37. The van der Waals surface area contributed by atoms with Crippen molar-refractivity contribution in [3.05, 3.63) is 138 Å². The molecule has 392 valence electrons. The third-order valence-corrected chi connectivity index (χ3v) is 13.4. The Kier molecular flexibility index (Phi) is 18.9. The normalized spacial score (nSPS) is 21.4. The second kappa shape index (κ2) is 25.5. The Morgan fingerprint density at radius 2 is 1.64 bits per heavy atom. The first-order chi connectivity index (χ1) is 35.3. The van der Waals surface area contributed by atoms with Crippen molar-refractivity contribution in [2.45, 2.75) is 102 Å². The van der Waals surface area contributed by atoms with Crippen molar-refractivity contribution in [1.82, 2.24) is 4.90 Å². The summed E-state index contributed by atoms with van der Waals surface area (Å²) in [5.41, 5.74) is 3.39. The van der Waals surface area contributed by atoms with Crippen molar-refractivity contribution < 1.29 is 62.2 Å². The maximum atomic E-state index is 15.0. The predicted octanol–water partition coefficient (Wildman–Crippen LogP) is 10.7. The highest BCUT2D eigenvalue weighted by atomic mass is 19.1. The summed E-state index contributed by atoms with van der Waals surface area (Å²) < 4.78 is 57.8. The highest BCUT2D eigenvalue weighted by Crippen LogP contribution is 2.62. The molecule has 2 aliphatic carbocycles. The number of fused-ring (bicyclic) bond motifs is 2. The summed E-state index contributed by atoms with van der Waals surface area (Å²) in [5, 5.41) is 27.8. The molecule has 7 rings (SSSR count). The maximum Gasteiger partial charge on any atom is 0.417 e. The van der Waals surface area contributed by atoms with Crippen LogP contribution in [-0.2, 0) is 32.2 Å². The zero-order valence-electron chi connectivity index (χ0n) is 42.6. The lowest BCUT2D eigenvalue weighted by Crippen LogP contribution is -2.70. The topological polar surface area (TPSA) is 176 Å². The van der Waals surface area contributed by atoms with Gasteiger partial charge in [0.25, 0.3) is 0 Å². The number of methoxy groups -OCH3 is 2. The smallest absolute Gasteiger partial charge is 0.417 e. The van der Waals surface area contributed by atoms with E-state index in [2.05, 4.69) is 18.0 Å². The zero-order chi connectivity index (χ0) is 52.0. The fraction of sp³-hybridized carbons (Fsp3) is 0.456. The minimum Gasteiger partial charge on any atom is -0.497 e. The maximum absolute atomic E-state index is 15.0. The molecule has 0 bridgehead atoms. The Labute approximate surface area is 427 Å². The van der Waals surface area contributed by atoms with Gasteiger partial charge in [-0.2, -0.15) is 0 Å². The van der Waals surface area contributed by atoms with Gasteiger partial charge in [-0.15, -0.1) is 6.58 Å². The fourth-order valence-electron chi connectivity index (χ4n) is 10.2. The number of benzene rings is 4. The lowest BCUT2D eigenvalue weighted by molar-refractivity contribution is -0.256. The summed E-state index contributed by atoms with van der Waals surface area (Å²) in [6.45, 7) is 10.2. The molecule has 73 heavy (non-hydrogen) atoms. The van der Waals surface area contributed by atoms with Gasteiger partial charge in [0.2, 0.25) is 5.79 Å². The van der Waals surface area contributed by atoms with Gasteiger partial charge in [-0.25, -0.2) is 14.0 Å². The van der Waals surface area contributed by atoms with Gasteiger partial charge < -0.3 is 48.2 Å². The Morgan fingerprint density at radius 3 is 2.34 bits per heavy atom. The molecule has 1 aliphatic heterocycles. The first kappa shape index (κ1) is 54.3. The van der Waals surface area contributed by atoms with Crippen molar-refractivity contribution in [3.63, 3.8) is 0 Å². The molecule has 6 atom stereocenters. The number of nitrogens with zero attached hydrogens (tertiary/aromatic N) is 2. The molecular formula is C57H70FN3O12. The van der Waals surface area contributed by atoms with Gasteiger partial charge in [0, 0.05) is 43.7 Å². The van der Waals surface area contributed by atoms with Crippen LogP contribution in [0.1, 0.15) is 88.3 Å². The second-order valence-electron chi connectivity index (χ2n) is 19.5. The molecule has 2 amide bonds. The molecule has 1 fully saturated rings. The van der Waals surface area contributed by atoms with Crippen LogP contribution in [0.15, 0.2) is 120 Å². The van der Waals surface area contributed by atoms with Crippen LogP contribution in [0.3, 0.4) is 0 Å². The Morgan fingerprint density at radius 1 is 0.904 bits per heavy atom. The van der Waals surface area contributed by atoms with E-state index in [0.717, 1.165) is 29.5 Å². The number of oxime groups is 1. The summed E-state index contributed by atoms with van der Waals surface area (Å²) in [6, 6.07) is 24.9. The first-order valence-corrected chi connectivity index (χ1v) is 25.1. The first-order valence-electron chi connectivity index (χ1n) is 25.1. The number of carbonyl (C=O) groups excluding carboxylic acids is 2. The van der Waals surface area contributed by atoms with Gasteiger partial charge >= 0.3 is 12.2 Å². The van der Waals surface area contributed by atoms with Gasteiger partial charge in [-0.05, 0) is 117 Å². The number of allylic oxidation sites excluding steroid dienone is 1. The molecule has 1 heterocycles. The van der Waals surface area contributed by atoms with Gasteiger partial charge in [-0.1, -0.05) is 72.6 Å². The van der Waals surface area contributed by atoms with E-state index in [9.17, 15) is 24.2 Å². The minimum absolute atomic E-state index is 0.00994. The fourth-order valence-corrected chi connectivity index (χ4v) is 10.2. The van der Waals surface area contributed by atoms with Gasteiger partial charge in [0.15, 0.2) is 0 Å². The number of hydrogen-bond donors (Lipinski definition) is 3. The summed E-state index contributed by atoms with van der Waals surface area (Å²) in [6.07, 6.45) is 6.51. The number of anilines is 1. The highest BCUT2D eigenvalue weighted by molar-refractivity contribution is 6.03. The van der Waals surface area contributed by atoms with Crippen LogP contribution < -0.4 is 24.3 Å². The van der Waals surface area contributed by atoms with E-state index in [1.54, 1.807) is 53.4 Å². The highest BCUT2D eigenvalue weighted by Gasteiger charge is 2.66. The van der Waals surface area contributed by atoms with E-state index in [0.29, 0.717) is 66.5 Å². The average Bonchev–Trinajstić information content (AvgIpc) is 3.38. The van der Waals surface area contributed by atoms with E-state index in [-0.39, 0.29) is 63.6 Å². The third kappa shape index (κ3) is 13.6. The van der Waals surface area contributed by atoms with Crippen molar-refractivity contribution in [1.29, 1.82) is 0 Å². The standard InChI is InChI=1S/C57H70FN3O12/c1-7-29-70-57-51(61(36-38-19-21-41(58)22-20-38)55(65)69-31-30-68-37-39-15-9-8-10-16-39)35-48(60-73-56(2,3)4)45-32-40(17-11-13-27-62)44(18-12-14-28-63)52(53(45)57)46-33-43(24-26-49(46)72-57)71-54(64)59-47-25-23-42(66-5)34-50(47)67-6/h7-10,15-16,19-26,32-34,40,44,51-53,62-63H,1,11-14,17-18,27-31,35-37H2,2-6H3,(H,59,64)/t40-,44+,51-,52+,53+,57+/m0/s1. The molecule has 4 aromatic rings. The van der Waals surface area contributed by atoms with E-state index >= 15 is 0 Å². The van der Waals surface area contributed by atoms with Crippen LogP contribution in [0.2, 0.25) is 0 Å². The largest absolute Gasteiger partial charge is 0.497 e. The molecule has 0 aromatic heterocycles. The zero-order valence-corrected chi connectivity index (χ0v) is 42.6. The van der Waals surface area contributed by atoms with Crippen LogP contribution >= 0.6 is 0 Å². The van der Waals surface area contributed by atoms with Crippen molar-refractivity contribution in [3.8, 4) is 23.0 Å². The van der Waals surface area contributed by atoms with Crippen LogP contribution in [0.4, 0.5) is 19.7 Å². The number of aliphatic hydroxyl groups is 2. The number of hydrogen-bond acceptors (Lipinski definition) is 13. The van der Waals surface area contributed by atoms with Crippen LogP contribution in [0, 0.1) is 23.6 Å². The lowest BCUT2D eigenvalue weighted by atomic mass is 9.55. The van der Waals surface area contributed by atoms with Crippen molar-refractivity contribution >= 4 is 23.6 Å². The molecule has 0 radical (unpaired) electrons. The SMILES string of the molecule is C=CCO[C@@]12Oc3ccc(OC(=O)Nc4ccc(OC)cc4OC)cc3[C@H]3[C@H](CCCCO)[C@@H](CCCCO)C=C(C(=NOC(C)(C)C)C[C@@H]1N(Cc1ccc(F)cc1)C(=O)OCCOCc1ccccc1)[C@H]32. The number of unbranched alkanes of at least 4 members (excludes halogenated alkanes) is 2. The quantitative estimate of drug-likeness (QED) is 0.0345.